The van der Waals surface area contributed by atoms with Gasteiger partial charge in [-0.15, -0.1) is 0 Å². The Morgan fingerprint density at radius 2 is 1.55 bits per heavy atom. The fourth-order valence-electron chi connectivity index (χ4n) is 3.91. The molecule has 1 aliphatic rings. The average Bonchev–Trinajstić information content (AvgIpc) is 2.82. The Hall–Kier alpha value is -2.74. The number of aliphatic hydroxyl groups excluding tert-OH is 1. The van der Waals surface area contributed by atoms with Gasteiger partial charge in [0.05, 0.1) is 4.90 Å². The van der Waals surface area contributed by atoms with Crippen LogP contribution in [0.25, 0.3) is 10.8 Å². The molecule has 1 saturated heterocycles. The van der Waals surface area contributed by atoms with Crippen LogP contribution in [-0.2, 0) is 10.0 Å². The molecule has 0 unspecified atom stereocenters. The second-order valence-electron chi connectivity index (χ2n) is 7.70. The van der Waals surface area contributed by atoms with Crippen molar-refractivity contribution in [1.29, 1.82) is 0 Å². The van der Waals surface area contributed by atoms with Crippen LogP contribution in [-0.4, -0.2) is 56.4 Å². The second kappa shape index (κ2) is 9.18. The van der Waals surface area contributed by atoms with E-state index in [9.17, 15) is 13.2 Å². The Kier molecular flexibility index (Phi) is 6.36. The van der Waals surface area contributed by atoms with Crippen molar-refractivity contribution < 1.29 is 18.3 Å². The number of carbonyl (C=O) groups is 1. The Bertz CT molecular complexity index is 1170. The Balaban J connectivity index is 1.42. The number of fused-ring (bicyclic) bond motifs is 1. The first kappa shape index (κ1) is 21.5. The summed E-state index contributed by atoms with van der Waals surface area (Å²) in [5, 5.41) is 10.8. The molecule has 0 atom stereocenters. The number of carbonyl (C=O) groups excluding carboxylic acids is 1. The van der Waals surface area contributed by atoms with Gasteiger partial charge in [0.1, 0.15) is 0 Å². The zero-order valence-electron chi connectivity index (χ0n) is 17.3. The lowest BCUT2D eigenvalue weighted by Gasteiger charge is -2.35. The Labute approximate surface area is 182 Å². The fourth-order valence-corrected chi connectivity index (χ4v) is 5.36. The summed E-state index contributed by atoms with van der Waals surface area (Å²) in [6, 6.07) is 20.4. The number of hydrogen-bond acceptors (Lipinski definition) is 5. The van der Waals surface area contributed by atoms with Gasteiger partial charge in [0.2, 0.25) is 10.0 Å². The second-order valence-corrected chi connectivity index (χ2v) is 9.64. The van der Waals surface area contributed by atoms with Gasteiger partial charge in [-0.05, 0) is 53.6 Å². The van der Waals surface area contributed by atoms with Gasteiger partial charge >= 0.3 is 0 Å². The molecule has 0 aliphatic carbocycles. The summed E-state index contributed by atoms with van der Waals surface area (Å²) >= 11 is 0. The number of nitrogens with zero attached hydrogens (tertiary/aromatic N) is 2. The van der Waals surface area contributed by atoms with E-state index in [0.29, 0.717) is 49.5 Å². The number of sulfonamides is 1. The van der Waals surface area contributed by atoms with Gasteiger partial charge in [-0.1, -0.05) is 30.3 Å². The van der Waals surface area contributed by atoms with Crippen molar-refractivity contribution in [2.24, 2.45) is 0 Å². The van der Waals surface area contributed by atoms with Gasteiger partial charge in [-0.3, -0.25) is 4.79 Å². The Morgan fingerprint density at radius 1 is 0.871 bits per heavy atom. The van der Waals surface area contributed by atoms with Crippen LogP contribution in [0.15, 0.2) is 71.6 Å². The molecule has 0 radical (unpaired) electrons. The van der Waals surface area contributed by atoms with Crippen LogP contribution in [0, 0.1) is 0 Å². The molecular weight excluding hydrogens is 412 g/mol. The van der Waals surface area contributed by atoms with Gasteiger partial charge in [-0.25, -0.2) is 8.42 Å². The summed E-state index contributed by atoms with van der Waals surface area (Å²) in [4.78, 5) is 14.5. The summed E-state index contributed by atoms with van der Waals surface area (Å²) in [5.74, 6) is 0.0203. The summed E-state index contributed by atoms with van der Waals surface area (Å²) in [7, 11) is -3.54. The third-order valence-corrected chi connectivity index (χ3v) is 7.61. The van der Waals surface area contributed by atoms with Crippen LogP contribution in [0.1, 0.15) is 23.2 Å². The lowest BCUT2D eigenvalue weighted by Crippen LogP contribution is -2.48. The van der Waals surface area contributed by atoms with Crippen molar-refractivity contribution in [3.8, 4) is 0 Å². The summed E-state index contributed by atoms with van der Waals surface area (Å²) in [6.45, 7) is 2.00. The molecule has 162 valence electrons. The Morgan fingerprint density at radius 3 is 2.23 bits per heavy atom. The van der Waals surface area contributed by atoms with Crippen molar-refractivity contribution in [2.45, 2.75) is 17.7 Å². The molecule has 6 nitrogen and oxygen atoms in total. The predicted octanol–water partition coefficient (Wildman–Crippen LogP) is 3.31. The van der Waals surface area contributed by atoms with E-state index in [2.05, 4.69) is 4.90 Å². The molecule has 0 saturated carbocycles. The van der Waals surface area contributed by atoms with E-state index >= 15 is 0 Å². The minimum Gasteiger partial charge on any atom is -0.396 e. The van der Waals surface area contributed by atoms with Crippen LogP contribution in [0.5, 0.6) is 0 Å². The highest BCUT2D eigenvalue weighted by atomic mass is 32.2. The molecular formula is C24H26N2O4S. The number of piperazine rings is 1. The largest absolute Gasteiger partial charge is 0.396 e. The standard InChI is InChI=1S/C24H26N2O4S/c27-17-3-6-24(28)20-7-10-22(11-8-20)25-13-15-26(16-14-25)31(29,30)23-12-9-19-4-1-2-5-21(19)18-23/h1-2,4-5,7-12,18,27H,3,6,13-17H2. The molecule has 0 spiro atoms. The van der Waals surface area contributed by atoms with Crippen LogP contribution in [0.4, 0.5) is 5.69 Å². The molecule has 3 aromatic rings. The van der Waals surface area contributed by atoms with Crippen molar-refractivity contribution >= 4 is 32.3 Å². The predicted molar refractivity (Wildman–Crippen MR) is 122 cm³/mol. The first-order valence-electron chi connectivity index (χ1n) is 10.5. The smallest absolute Gasteiger partial charge is 0.243 e. The number of Topliss-reactive ketones (excluding diaryl/α,β-unsaturated/α-hetero) is 1. The lowest BCUT2D eigenvalue weighted by molar-refractivity contribution is 0.0971. The topological polar surface area (TPSA) is 77.9 Å². The van der Waals surface area contributed by atoms with Gasteiger partial charge in [0.15, 0.2) is 5.78 Å². The quantitative estimate of drug-likeness (QED) is 0.573. The van der Waals surface area contributed by atoms with Gasteiger partial charge in [-0.2, -0.15) is 4.31 Å². The fraction of sp³-hybridized carbons (Fsp3) is 0.292. The normalized spacial score (nSPS) is 15.3. The molecule has 7 heteroatoms. The van der Waals surface area contributed by atoms with Crippen LogP contribution >= 0.6 is 0 Å². The highest BCUT2D eigenvalue weighted by Gasteiger charge is 2.28. The van der Waals surface area contributed by atoms with E-state index in [1.54, 1.807) is 28.6 Å². The van der Waals surface area contributed by atoms with Crippen LogP contribution < -0.4 is 4.90 Å². The van der Waals surface area contributed by atoms with Crippen molar-refractivity contribution in [1.82, 2.24) is 4.31 Å². The average molecular weight is 439 g/mol. The van der Waals surface area contributed by atoms with Crippen molar-refractivity contribution in [3.63, 3.8) is 0 Å². The monoisotopic (exact) mass is 438 g/mol. The minimum absolute atomic E-state index is 0.0101. The zero-order chi connectivity index (χ0) is 21.8. The molecule has 0 amide bonds. The first-order chi connectivity index (χ1) is 15.0. The maximum atomic E-state index is 13.1. The zero-order valence-corrected chi connectivity index (χ0v) is 18.1. The first-order valence-corrected chi connectivity index (χ1v) is 11.9. The summed E-state index contributed by atoms with van der Waals surface area (Å²) in [6.07, 6.45) is 0.801. The number of aliphatic hydroxyl groups is 1. The number of anilines is 1. The maximum absolute atomic E-state index is 13.1. The molecule has 1 aliphatic heterocycles. The van der Waals surface area contributed by atoms with E-state index in [1.165, 1.54) is 0 Å². The molecule has 1 heterocycles. The lowest BCUT2D eigenvalue weighted by atomic mass is 10.1. The third kappa shape index (κ3) is 4.63. The highest BCUT2D eigenvalue weighted by molar-refractivity contribution is 7.89. The van der Waals surface area contributed by atoms with Crippen molar-refractivity contribution in [3.05, 3.63) is 72.3 Å². The van der Waals surface area contributed by atoms with E-state index in [0.717, 1.165) is 16.5 Å². The molecule has 4 rings (SSSR count). The summed E-state index contributed by atoms with van der Waals surface area (Å²) < 4.78 is 27.8. The SMILES string of the molecule is O=C(CCCO)c1ccc(N2CCN(S(=O)(=O)c3ccc4ccccc4c3)CC2)cc1. The molecule has 0 bridgehead atoms. The molecule has 0 aromatic heterocycles. The van der Waals surface area contributed by atoms with E-state index in [1.807, 2.05) is 42.5 Å². The summed E-state index contributed by atoms with van der Waals surface area (Å²) in [5.41, 5.74) is 1.61. The molecule has 31 heavy (non-hydrogen) atoms. The number of ketones is 1. The van der Waals surface area contributed by atoms with Crippen LogP contribution in [0.2, 0.25) is 0 Å². The van der Waals surface area contributed by atoms with Gasteiger partial charge < -0.3 is 10.0 Å². The molecule has 1 fully saturated rings. The van der Waals surface area contributed by atoms with Gasteiger partial charge in [0.25, 0.3) is 0 Å². The number of rotatable bonds is 7. The maximum Gasteiger partial charge on any atom is 0.243 e. The minimum atomic E-state index is -3.54. The molecule has 1 N–H and O–H groups in total. The highest BCUT2D eigenvalue weighted by Crippen LogP contribution is 2.24. The van der Waals surface area contributed by atoms with E-state index in [-0.39, 0.29) is 12.4 Å². The number of hydrogen-bond donors (Lipinski definition) is 1. The molecule has 3 aromatic carbocycles. The van der Waals surface area contributed by atoms with Crippen molar-refractivity contribution in [2.75, 3.05) is 37.7 Å². The van der Waals surface area contributed by atoms with Gasteiger partial charge in [0, 0.05) is 50.5 Å². The van der Waals surface area contributed by atoms with E-state index in [4.69, 9.17) is 5.11 Å². The van der Waals surface area contributed by atoms with E-state index < -0.39 is 10.0 Å². The van der Waals surface area contributed by atoms with Crippen LogP contribution in [0.3, 0.4) is 0 Å². The third-order valence-electron chi connectivity index (χ3n) is 5.71. The number of benzene rings is 3.